The van der Waals surface area contributed by atoms with Gasteiger partial charge < -0.3 is 10.6 Å². The molecule has 7 nitrogen and oxygen atoms in total. The summed E-state index contributed by atoms with van der Waals surface area (Å²) in [5, 5.41) is 7.56. The topological polar surface area (TPSA) is 91.4 Å². The van der Waals surface area contributed by atoms with Gasteiger partial charge in [0.1, 0.15) is 0 Å². The zero-order chi connectivity index (χ0) is 23.5. The van der Waals surface area contributed by atoms with E-state index < -0.39 is 10.0 Å². The van der Waals surface area contributed by atoms with E-state index in [1.165, 1.54) is 7.05 Å². The number of anilines is 1. The standard InChI is InChI=1S/C23H27ClN4O3S/c1-15-11-16(2)23(17(3)12-15)32(30,31)28(4)14-22(29)27-10-9-26-20-7-8-25-21-13-18(24)5-6-19(20)21/h5-8,11-13H,9-10,14H2,1-4H3,(H,25,26)(H,27,29). The molecule has 1 aromatic heterocycles. The predicted molar refractivity (Wildman–Crippen MR) is 129 cm³/mol. The summed E-state index contributed by atoms with van der Waals surface area (Å²) in [4.78, 5) is 16.9. The maximum absolute atomic E-state index is 13.0. The van der Waals surface area contributed by atoms with Crippen LogP contribution in [0.3, 0.4) is 0 Å². The first-order chi connectivity index (χ1) is 15.1. The third-order valence-electron chi connectivity index (χ3n) is 5.11. The van der Waals surface area contributed by atoms with Crippen LogP contribution in [0.25, 0.3) is 10.9 Å². The molecule has 3 rings (SSSR count). The maximum atomic E-state index is 13.0. The molecule has 0 aliphatic carbocycles. The number of nitrogens with zero attached hydrogens (tertiary/aromatic N) is 2. The first kappa shape index (κ1) is 24.0. The highest BCUT2D eigenvalue weighted by Gasteiger charge is 2.26. The van der Waals surface area contributed by atoms with Gasteiger partial charge in [0.25, 0.3) is 0 Å². The van der Waals surface area contributed by atoms with Crippen LogP contribution < -0.4 is 10.6 Å². The number of hydrogen-bond donors (Lipinski definition) is 2. The summed E-state index contributed by atoms with van der Waals surface area (Å²) in [5.74, 6) is -0.369. The van der Waals surface area contributed by atoms with Crippen molar-refractivity contribution in [3.05, 3.63) is 64.3 Å². The number of fused-ring (bicyclic) bond motifs is 1. The molecule has 0 saturated carbocycles. The molecule has 0 atom stereocenters. The summed E-state index contributed by atoms with van der Waals surface area (Å²) in [5.41, 5.74) is 4.00. The van der Waals surface area contributed by atoms with Gasteiger partial charge in [-0.2, -0.15) is 4.31 Å². The van der Waals surface area contributed by atoms with Gasteiger partial charge in [-0.25, -0.2) is 8.42 Å². The van der Waals surface area contributed by atoms with E-state index in [0.29, 0.717) is 29.2 Å². The number of aryl methyl sites for hydroxylation is 3. The summed E-state index contributed by atoms with van der Waals surface area (Å²) in [6.45, 7) is 6.01. The van der Waals surface area contributed by atoms with Crippen molar-refractivity contribution in [3.8, 4) is 0 Å². The van der Waals surface area contributed by atoms with Gasteiger partial charge in [-0.05, 0) is 56.2 Å². The molecular formula is C23H27ClN4O3S. The van der Waals surface area contributed by atoms with Gasteiger partial charge in [-0.1, -0.05) is 29.3 Å². The quantitative estimate of drug-likeness (QED) is 0.486. The SMILES string of the molecule is Cc1cc(C)c(S(=O)(=O)N(C)CC(=O)NCCNc2ccnc3cc(Cl)ccc23)c(C)c1. The predicted octanol–water partition coefficient (Wildman–Crippen LogP) is 3.66. The number of carbonyl (C=O) groups excluding carboxylic acids is 1. The summed E-state index contributed by atoms with van der Waals surface area (Å²) in [6.07, 6.45) is 1.69. The Bertz CT molecular complexity index is 1240. The van der Waals surface area contributed by atoms with Crippen LogP contribution in [0, 0.1) is 20.8 Å². The highest BCUT2D eigenvalue weighted by atomic mass is 35.5. The molecule has 0 fully saturated rings. The van der Waals surface area contributed by atoms with Gasteiger partial charge in [0.05, 0.1) is 17.0 Å². The molecule has 0 aliphatic rings. The summed E-state index contributed by atoms with van der Waals surface area (Å²) in [6, 6.07) is 11.0. The van der Waals surface area contributed by atoms with Crippen molar-refractivity contribution in [2.45, 2.75) is 25.7 Å². The Morgan fingerprint density at radius 2 is 1.75 bits per heavy atom. The maximum Gasteiger partial charge on any atom is 0.243 e. The van der Waals surface area contributed by atoms with Gasteiger partial charge >= 0.3 is 0 Å². The van der Waals surface area contributed by atoms with E-state index in [0.717, 1.165) is 26.5 Å². The van der Waals surface area contributed by atoms with Crippen LogP contribution in [0.1, 0.15) is 16.7 Å². The number of rotatable bonds is 8. The van der Waals surface area contributed by atoms with E-state index in [1.54, 1.807) is 32.2 Å². The van der Waals surface area contributed by atoms with Crippen molar-refractivity contribution < 1.29 is 13.2 Å². The van der Waals surface area contributed by atoms with Crippen LogP contribution in [0.4, 0.5) is 5.69 Å². The van der Waals surface area contributed by atoms with E-state index in [2.05, 4.69) is 15.6 Å². The fraction of sp³-hybridized carbons (Fsp3) is 0.304. The largest absolute Gasteiger partial charge is 0.383 e. The van der Waals surface area contributed by atoms with E-state index in [4.69, 9.17) is 11.6 Å². The first-order valence-corrected chi connectivity index (χ1v) is 12.0. The molecular weight excluding hydrogens is 448 g/mol. The van der Waals surface area contributed by atoms with Crippen molar-refractivity contribution in [2.75, 3.05) is 32.0 Å². The number of hydrogen-bond acceptors (Lipinski definition) is 5. The van der Waals surface area contributed by atoms with Crippen molar-refractivity contribution >= 4 is 44.1 Å². The van der Waals surface area contributed by atoms with Crippen LogP contribution >= 0.6 is 11.6 Å². The van der Waals surface area contributed by atoms with Crippen molar-refractivity contribution in [2.24, 2.45) is 0 Å². The Kier molecular flexibility index (Phi) is 7.38. The van der Waals surface area contributed by atoms with Crippen LogP contribution in [-0.2, 0) is 14.8 Å². The average Bonchev–Trinajstić information content (AvgIpc) is 2.69. The normalized spacial score (nSPS) is 11.7. The zero-order valence-electron chi connectivity index (χ0n) is 18.6. The highest BCUT2D eigenvalue weighted by molar-refractivity contribution is 7.89. The van der Waals surface area contributed by atoms with E-state index in [-0.39, 0.29) is 17.3 Å². The van der Waals surface area contributed by atoms with Crippen LogP contribution in [0.2, 0.25) is 5.02 Å². The lowest BCUT2D eigenvalue weighted by molar-refractivity contribution is -0.121. The second-order valence-corrected chi connectivity index (χ2v) is 10.2. The van der Waals surface area contributed by atoms with Crippen LogP contribution in [0.15, 0.2) is 47.5 Å². The number of nitrogens with one attached hydrogen (secondary N) is 2. The first-order valence-electron chi connectivity index (χ1n) is 10.2. The van der Waals surface area contributed by atoms with Crippen molar-refractivity contribution in [1.29, 1.82) is 0 Å². The van der Waals surface area contributed by atoms with Crippen LogP contribution in [-0.4, -0.2) is 50.3 Å². The fourth-order valence-corrected chi connectivity index (χ4v) is 5.44. The number of benzene rings is 2. The molecule has 0 radical (unpaired) electrons. The highest BCUT2D eigenvalue weighted by Crippen LogP contribution is 2.25. The second-order valence-electron chi connectivity index (χ2n) is 7.79. The third kappa shape index (κ3) is 5.38. The van der Waals surface area contributed by atoms with Gasteiger partial charge in [-0.3, -0.25) is 9.78 Å². The summed E-state index contributed by atoms with van der Waals surface area (Å²) in [7, 11) is -2.36. The third-order valence-corrected chi connectivity index (χ3v) is 7.45. The number of aromatic nitrogens is 1. The van der Waals surface area contributed by atoms with Gasteiger partial charge in [0.15, 0.2) is 0 Å². The molecule has 3 aromatic rings. The number of amides is 1. The molecule has 170 valence electrons. The molecule has 0 unspecified atom stereocenters. The molecule has 1 amide bonds. The Labute approximate surface area is 193 Å². The molecule has 1 heterocycles. The minimum atomic E-state index is -3.77. The minimum Gasteiger partial charge on any atom is -0.383 e. The Morgan fingerprint density at radius 3 is 2.44 bits per heavy atom. The number of pyridine rings is 1. The molecule has 0 saturated heterocycles. The van der Waals surface area contributed by atoms with E-state index >= 15 is 0 Å². The fourth-order valence-electron chi connectivity index (χ4n) is 3.75. The number of sulfonamides is 1. The van der Waals surface area contributed by atoms with Crippen LogP contribution in [0.5, 0.6) is 0 Å². The summed E-state index contributed by atoms with van der Waals surface area (Å²) >= 11 is 6.01. The lowest BCUT2D eigenvalue weighted by atomic mass is 10.1. The Hall–Kier alpha value is -2.68. The zero-order valence-corrected chi connectivity index (χ0v) is 20.1. The van der Waals surface area contributed by atoms with Gasteiger partial charge in [0, 0.05) is 42.4 Å². The number of halogens is 1. The lowest BCUT2D eigenvalue weighted by Gasteiger charge is -2.20. The smallest absolute Gasteiger partial charge is 0.243 e. The molecule has 2 N–H and O–H groups in total. The number of carbonyl (C=O) groups is 1. The van der Waals surface area contributed by atoms with Gasteiger partial charge in [-0.15, -0.1) is 0 Å². The average molecular weight is 475 g/mol. The Morgan fingerprint density at radius 1 is 1.06 bits per heavy atom. The van der Waals surface area contributed by atoms with E-state index in [1.807, 2.05) is 31.2 Å². The monoisotopic (exact) mass is 474 g/mol. The molecule has 0 aliphatic heterocycles. The molecule has 0 bridgehead atoms. The molecule has 32 heavy (non-hydrogen) atoms. The summed E-state index contributed by atoms with van der Waals surface area (Å²) < 4.78 is 27.1. The van der Waals surface area contributed by atoms with Crippen molar-refractivity contribution in [3.63, 3.8) is 0 Å². The molecule has 0 spiro atoms. The number of likely N-dealkylation sites (N-methyl/N-ethyl adjacent to an activating group) is 1. The minimum absolute atomic E-state index is 0.254. The van der Waals surface area contributed by atoms with E-state index in [9.17, 15) is 13.2 Å². The van der Waals surface area contributed by atoms with Crippen molar-refractivity contribution in [1.82, 2.24) is 14.6 Å². The lowest BCUT2D eigenvalue weighted by Crippen LogP contribution is -2.40. The molecule has 2 aromatic carbocycles. The molecule has 9 heteroatoms. The van der Waals surface area contributed by atoms with Gasteiger partial charge in [0.2, 0.25) is 15.9 Å². The Balaban J connectivity index is 1.56. The second kappa shape index (κ2) is 9.85.